The quantitative estimate of drug-likeness (QED) is 0.801. The molecule has 6 heteroatoms. The molecule has 2 rings (SSSR count). The average Bonchev–Trinajstić information content (AvgIpc) is 3.17. The van der Waals surface area contributed by atoms with Crippen LogP contribution in [0.3, 0.4) is 0 Å². The molecular weight excluding hydrogens is 246 g/mol. The summed E-state index contributed by atoms with van der Waals surface area (Å²) in [4.78, 5) is 25.3. The van der Waals surface area contributed by atoms with E-state index < -0.39 is 5.97 Å². The molecule has 1 heterocycles. The van der Waals surface area contributed by atoms with Gasteiger partial charge in [-0.2, -0.15) is 0 Å². The number of anilines is 1. The van der Waals surface area contributed by atoms with Crippen LogP contribution < -0.4 is 5.73 Å². The van der Waals surface area contributed by atoms with E-state index in [1.807, 2.05) is 6.92 Å². The topological polar surface area (TPSA) is 77.6 Å². The van der Waals surface area contributed by atoms with Gasteiger partial charge in [-0.25, -0.2) is 4.79 Å². The van der Waals surface area contributed by atoms with Crippen molar-refractivity contribution in [2.24, 2.45) is 0 Å². The highest BCUT2D eigenvalue weighted by Gasteiger charge is 2.30. The predicted octanol–water partition coefficient (Wildman–Crippen LogP) is 0.868. The molecule has 104 valence electrons. The molecule has 0 aliphatic heterocycles. The van der Waals surface area contributed by atoms with E-state index >= 15 is 0 Å². The molecule has 0 atom stereocenters. The van der Waals surface area contributed by atoms with Crippen LogP contribution in [0.25, 0.3) is 0 Å². The van der Waals surface area contributed by atoms with Crippen LogP contribution in [0.4, 0.5) is 5.69 Å². The normalized spacial score (nSPS) is 14.2. The fraction of sp³-hybridized carbons (Fsp3) is 0.538. The first kappa shape index (κ1) is 13.5. The lowest BCUT2D eigenvalue weighted by molar-refractivity contribution is -0.133. The van der Waals surface area contributed by atoms with E-state index in [0.29, 0.717) is 24.0 Å². The molecule has 0 unspecified atom stereocenters. The number of amides is 1. The van der Waals surface area contributed by atoms with Gasteiger partial charge in [0, 0.05) is 25.8 Å². The minimum atomic E-state index is -0.518. The van der Waals surface area contributed by atoms with Gasteiger partial charge in [0.2, 0.25) is 0 Å². The zero-order chi connectivity index (χ0) is 14.0. The lowest BCUT2D eigenvalue weighted by Crippen LogP contribution is -2.33. The number of likely N-dealkylation sites (N-methyl/N-ethyl adjacent to an activating group) is 1. The Hall–Kier alpha value is -1.98. The Bertz CT molecular complexity index is 491. The molecule has 6 nitrogen and oxygen atoms in total. The maximum Gasteiger partial charge on any atom is 0.355 e. The number of carbonyl (C=O) groups is 2. The largest absolute Gasteiger partial charge is 0.451 e. The summed E-state index contributed by atoms with van der Waals surface area (Å²) < 4.78 is 6.74. The number of hydrogen-bond acceptors (Lipinski definition) is 4. The molecule has 1 amide bonds. The van der Waals surface area contributed by atoms with Gasteiger partial charge in [0.05, 0.1) is 5.69 Å². The van der Waals surface area contributed by atoms with Crippen LogP contribution in [0.5, 0.6) is 0 Å². The van der Waals surface area contributed by atoms with Crippen molar-refractivity contribution in [3.8, 4) is 0 Å². The molecule has 1 saturated carbocycles. The second kappa shape index (κ2) is 5.34. The number of carbonyl (C=O) groups excluding carboxylic acids is 2. The Labute approximate surface area is 112 Å². The van der Waals surface area contributed by atoms with Gasteiger partial charge in [-0.3, -0.25) is 4.79 Å². The van der Waals surface area contributed by atoms with Crippen LogP contribution in [-0.4, -0.2) is 41.0 Å². The van der Waals surface area contributed by atoms with Crippen molar-refractivity contribution in [3.05, 3.63) is 18.0 Å². The van der Waals surface area contributed by atoms with Gasteiger partial charge >= 0.3 is 5.97 Å². The highest BCUT2D eigenvalue weighted by molar-refractivity contribution is 5.91. The minimum absolute atomic E-state index is 0.168. The summed E-state index contributed by atoms with van der Waals surface area (Å²) in [6, 6.07) is 1.88. The van der Waals surface area contributed by atoms with Crippen LogP contribution in [0.15, 0.2) is 12.3 Å². The number of hydrogen-bond donors (Lipinski definition) is 1. The van der Waals surface area contributed by atoms with E-state index in [2.05, 4.69) is 0 Å². The number of nitrogens with two attached hydrogens (primary N) is 1. The summed E-state index contributed by atoms with van der Waals surface area (Å²) >= 11 is 0. The summed E-state index contributed by atoms with van der Waals surface area (Å²) in [5.74, 6) is -0.686. The minimum Gasteiger partial charge on any atom is -0.451 e. The van der Waals surface area contributed by atoms with Crippen molar-refractivity contribution in [2.45, 2.75) is 32.4 Å². The SMILES string of the molecule is CCn1cc(N)cc1C(=O)OCC(=O)N(C)C1CC1. The molecule has 19 heavy (non-hydrogen) atoms. The monoisotopic (exact) mass is 265 g/mol. The van der Waals surface area contributed by atoms with Gasteiger partial charge in [0.1, 0.15) is 5.69 Å². The first-order valence-corrected chi connectivity index (χ1v) is 6.41. The Morgan fingerprint density at radius 3 is 2.79 bits per heavy atom. The van der Waals surface area contributed by atoms with Crippen molar-refractivity contribution in [1.29, 1.82) is 0 Å². The standard InChI is InChI=1S/C13H19N3O3/c1-3-16-7-9(14)6-11(16)13(18)19-8-12(17)15(2)10-4-5-10/h6-7,10H,3-5,8,14H2,1-2H3. The predicted molar refractivity (Wildman–Crippen MR) is 70.6 cm³/mol. The third-order valence-corrected chi connectivity index (χ3v) is 3.28. The van der Waals surface area contributed by atoms with E-state index in [-0.39, 0.29) is 12.5 Å². The molecule has 1 aromatic heterocycles. The first-order valence-electron chi connectivity index (χ1n) is 6.41. The van der Waals surface area contributed by atoms with Gasteiger partial charge in [-0.15, -0.1) is 0 Å². The third-order valence-electron chi connectivity index (χ3n) is 3.28. The number of aromatic nitrogens is 1. The Kier molecular flexibility index (Phi) is 3.78. The molecule has 1 fully saturated rings. The fourth-order valence-electron chi connectivity index (χ4n) is 1.93. The fourth-order valence-corrected chi connectivity index (χ4v) is 1.93. The highest BCUT2D eigenvalue weighted by Crippen LogP contribution is 2.25. The molecule has 1 aliphatic rings. The second-order valence-corrected chi connectivity index (χ2v) is 4.76. The van der Waals surface area contributed by atoms with E-state index in [4.69, 9.17) is 10.5 Å². The summed E-state index contributed by atoms with van der Waals surface area (Å²) in [5.41, 5.74) is 6.53. The number of ether oxygens (including phenoxy) is 1. The molecule has 0 radical (unpaired) electrons. The van der Waals surface area contributed by atoms with Gasteiger partial charge in [0.15, 0.2) is 6.61 Å². The number of nitrogens with zero attached hydrogens (tertiary/aromatic N) is 2. The Morgan fingerprint density at radius 1 is 1.53 bits per heavy atom. The van der Waals surface area contributed by atoms with Crippen molar-refractivity contribution < 1.29 is 14.3 Å². The Balaban J connectivity index is 1.91. The second-order valence-electron chi connectivity index (χ2n) is 4.76. The van der Waals surface area contributed by atoms with E-state index in [1.165, 1.54) is 0 Å². The number of rotatable bonds is 5. The van der Waals surface area contributed by atoms with Crippen LogP contribution >= 0.6 is 0 Å². The zero-order valence-electron chi connectivity index (χ0n) is 11.3. The van der Waals surface area contributed by atoms with Gasteiger partial charge in [0.25, 0.3) is 5.91 Å². The lowest BCUT2D eigenvalue weighted by Gasteiger charge is -2.16. The van der Waals surface area contributed by atoms with Crippen molar-refractivity contribution in [3.63, 3.8) is 0 Å². The molecule has 1 aliphatic carbocycles. The molecule has 0 bridgehead atoms. The molecule has 0 aromatic carbocycles. The lowest BCUT2D eigenvalue weighted by atomic mass is 10.4. The number of esters is 1. The van der Waals surface area contributed by atoms with Crippen molar-refractivity contribution in [2.75, 3.05) is 19.4 Å². The summed E-state index contributed by atoms with van der Waals surface area (Å²) in [7, 11) is 1.74. The zero-order valence-corrected chi connectivity index (χ0v) is 11.3. The average molecular weight is 265 g/mol. The smallest absolute Gasteiger partial charge is 0.355 e. The van der Waals surface area contributed by atoms with Crippen LogP contribution in [0, 0.1) is 0 Å². The van der Waals surface area contributed by atoms with Gasteiger partial charge < -0.3 is 19.9 Å². The van der Waals surface area contributed by atoms with Gasteiger partial charge in [-0.05, 0) is 25.8 Å². The summed E-state index contributed by atoms with van der Waals surface area (Å²) in [5, 5.41) is 0. The van der Waals surface area contributed by atoms with Crippen molar-refractivity contribution >= 4 is 17.6 Å². The van der Waals surface area contributed by atoms with Crippen LogP contribution in [-0.2, 0) is 16.1 Å². The number of aryl methyl sites for hydroxylation is 1. The Morgan fingerprint density at radius 2 is 2.21 bits per heavy atom. The first-order chi connectivity index (χ1) is 9.02. The maximum absolute atomic E-state index is 11.9. The van der Waals surface area contributed by atoms with Crippen LogP contribution in [0.1, 0.15) is 30.3 Å². The molecule has 0 spiro atoms. The van der Waals surface area contributed by atoms with Gasteiger partial charge in [-0.1, -0.05) is 0 Å². The molecular formula is C13H19N3O3. The van der Waals surface area contributed by atoms with E-state index in [0.717, 1.165) is 12.8 Å². The molecule has 0 saturated heterocycles. The third kappa shape index (κ3) is 3.07. The number of nitrogen functional groups attached to an aromatic ring is 1. The summed E-state index contributed by atoms with van der Waals surface area (Å²) in [6.45, 7) is 2.31. The summed E-state index contributed by atoms with van der Waals surface area (Å²) in [6.07, 6.45) is 3.74. The van der Waals surface area contributed by atoms with Crippen LogP contribution in [0.2, 0.25) is 0 Å². The van der Waals surface area contributed by atoms with Crippen molar-refractivity contribution in [1.82, 2.24) is 9.47 Å². The molecule has 2 N–H and O–H groups in total. The highest BCUT2D eigenvalue weighted by atomic mass is 16.5. The molecule has 1 aromatic rings. The van der Waals surface area contributed by atoms with E-state index in [9.17, 15) is 9.59 Å². The van der Waals surface area contributed by atoms with E-state index in [1.54, 1.807) is 28.8 Å². The maximum atomic E-state index is 11.9.